The first-order chi connectivity index (χ1) is 21.2. The van der Waals surface area contributed by atoms with E-state index in [1.54, 1.807) is 6.20 Å². The Hall–Kier alpha value is -3.21. The molecule has 3 N–H and O–H groups in total. The minimum atomic E-state index is -0.275. The number of rotatable bonds is 12. The molecule has 2 fully saturated rings. The molecule has 1 saturated heterocycles. The van der Waals surface area contributed by atoms with Crippen LogP contribution in [-0.4, -0.2) is 83.8 Å². The summed E-state index contributed by atoms with van der Waals surface area (Å²) in [4.78, 5) is 27.2. The summed E-state index contributed by atoms with van der Waals surface area (Å²) in [7, 11) is 0. The molecular weight excluding hydrogens is 556 g/mol. The van der Waals surface area contributed by atoms with E-state index in [1.807, 2.05) is 57.2 Å². The van der Waals surface area contributed by atoms with Gasteiger partial charge in [-0.05, 0) is 58.1 Å². The number of aromatic nitrogens is 1. The lowest BCUT2D eigenvalue weighted by molar-refractivity contribution is -0.123. The predicted octanol–water partition coefficient (Wildman–Crippen LogP) is 5.00. The fourth-order valence-electron chi connectivity index (χ4n) is 6.43. The Balaban J connectivity index is 1.26. The van der Waals surface area contributed by atoms with Crippen molar-refractivity contribution < 1.29 is 19.0 Å². The average Bonchev–Trinajstić information content (AvgIpc) is 3.01. The second kappa shape index (κ2) is 15.2. The predicted molar refractivity (Wildman–Crippen MR) is 172 cm³/mol. The highest BCUT2D eigenvalue weighted by atomic mass is 16.5. The fourth-order valence-corrected chi connectivity index (χ4v) is 6.43. The SMILES string of the molecule is CC(C)(C)OCC(CN1CCOCC1)NC(=O)CCC(C1CCCCC1)N1Cc2cc(Oc3ccccc3)ncc2N=C1N. The standard InChI is InChI=1S/C34H50N6O4/c1-34(2,3)43-24-27(23-39-16-18-42-19-17-39)37-31(41)15-14-30(25-10-6-4-7-11-25)40-22-26-20-32(36-21-29(26)38-33(40)35)44-28-12-8-5-9-13-28/h5,8-9,12-13,20-21,25,27,30H,4,6-7,10-11,14-19,22-24H2,1-3H3,(H2,35,38)(H,37,41). The van der Waals surface area contributed by atoms with E-state index in [0.717, 1.165) is 62.7 Å². The Morgan fingerprint density at radius 2 is 1.89 bits per heavy atom. The van der Waals surface area contributed by atoms with Crippen LogP contribution in [-0.2, 0) is 20.8 Å². The van der Waals surface area contributed by atoms with Crippen molar-refractivity contribution >= 4 is 17.6 Å². The molecule has 1 amide bonds. The minimum absolute atomic E-state index is 0.0530. The van der Waals surface area contributed by atoms with Crippen molar-refractivity contribution in [2.75, 3.05) is 39.5 Å². The van der Waals surface area contributed by atoms with Crippen LogP contribution >= 0.6 is 0 Å². The van der Waals surface area contributed by atoms with Crippen LogP contribution in [0.25, 0.3) is 0 Å². The first-order valence-corrected chi connectivity index (χ1v) is 16.3. The lowest BCUT2D eigenvalue weighted by Gasteiger charge is -2.41. The topological polar surface area (TPSA) is 115 Å². The van der Waals surface area contributed by atoms with Gasteiger partial charge < -0.3 is 30.2 Å². The van der Waals surface area contributed by atoms with E-state index in [2.05, 4.69) is 20.1 Å². The maximum atomic E-state index is 13.5. The number of pyridine rings is 1. The number of nitrogens with two attached hydrogens (primary N) is 1. The summed E-state index contributed by atoms with van der Waals surface area (Å²) in [6, 6.07) is 11.6. The number of fused-ring (bicyclic) bond motifs is 1. The number of ether oxygens (including phenoxy) is 3. The van der Waals surface area contributed by atoms with E-state index in [4.69, 9.17) is 24.9 Å². The molecule has 3 aliphatic rings. The number of morpholine rings is 1. The van der Waals surface area contributed by atoms with Crippen LogP contribution in [0.4, 0.5) is 5.69 Å². The first-order valence-electron chi connectivity index (χ1n) is 16.3. The summed E-state index contributed by atoms with van der Waals surface area (Å²) < 4.78 is 17.7. The number of hydrogen-bond donors (Lipinski definition) is 2. The average molecular weight is 607 g/mol. The van der Waals surface area contributed by atoms with Crippen molar-refractivity contribution in [2.45, 2.75) is 89.9 Å². The van der Waals surface area contributed by atoms with Gasteiger partial charge in [-0.25, -0.2) is 9.98 Å². The van der Waals surface area contributed by atoms with Crippen LogP contribution in [0.15, 0.2) is 47.6 Å². The summed E-state index contributed by atoms with van der Waals surface area (Å²) in [5.74, 6) is 2.28. The second-order valence-corrected chi connectivity index (χ2v) is 13.3. The van der Waals surface area contributed by atoms with Gasteiger partial charge in [-0.15, -0.1) is 0 Å². The Kier molecular flexibility index (Phi) is 11.1. The largest absolute Gasteiger partial charge is 0.439 e. The molecule has 10 heteroatoms. The van der Waals surface area contributed by atoms with Crippen molar-refractivity contribution in [2.24, 2.45) is 16.6 Å². The van der Waals surface area contributed by atoms with Gasteiger partial charge >= 0.3 is 0 Å². The molecule has 0 radical (unpaired) electrons. The number of nitrogens with one attached hydrogen (secondary N) is 1. The third kappa shape index (κ3) is 9.39. The zero-order valence-electron chi connectivity index (χ0n) is 26.7. The van der Waals surface area contributed by atoms with Gasteiger partial charge in [-0.1, -0.05) is 37.5 Å². The fraction of sp³-hybridized carbons (Fsp3) is 0.618. The number of benzene rings is 1. The van der Waals surface area contributed by atoms with E-state index >= 15 is 0 Å². The summed E-state index contributed by atoms with van der Waals surface area (Å²) in [5.41, 5.74) is 8.13. The van der Waals surface area contributed by atoms with Gasteiger partial charge in [-0.3, -0.25) is 9.69 Å². The minimum Gasteiger partial charge on any atom is -0.439 e. The van der Waals surface area contributed by atoms with Crippen LogP contribution < -0.4 is 15.8 Å². The monoisotopic (exact) mass is 606 g/mol. The maximum Gasteiger partial charge on any atom is 0.220 e. The van der Waals surface area contributed by atoms with Gasteiger partial charge in [0.15, 0.2) is 5.96 Å². The number of nitrogens with zero attached hydrogens (tertiary/aromatic N) is 4. The quantitative estimate of drug-likeness (QED) is 0.347. The number of amides is 1. The van der Waals surface area contributed by atoms with Crippen LogP contribution in [0.5, 0.6) is 11.6 Å². The Labute approximate surface area is 262 Å². The van der Waals surface area contributed by atoms with Crippen molar-refractivity contribution in [3.05, 3.63) is 48.2 Å². The van der Waals surface area contributed by atoms with E-state index in [0.29, 0.717) is 43.8 Å². The van der Waals surface area contributed by atoms with Crippen LogP contribution in [0.3, 0.4) is 0 Å². The van der Waals surface area contributed by atoms with Gasteiger partial charge in [0.25, 0.3) is 0 Å². The number of carbonyl (C=O) groups excluding carboxylic acids is 1. The molecule has 10 nitrogen and oxygen atoms in total. The van der Waals surface area contributed by atoms with Crippen molar-refractivity contribution in [3.8, 4) is 11.6 Å². The van der Waals surface area contributed by atoms with Gasteiger partial charge in [0, 0.05) is 50.3 Å². The summed E-state index contributed by atoms with van der Waals surface area (Å²) in [6.45, 7) is 11.2. The molecule has 1 saturated carbocycles. The number of para-hydroxylation sites is 1. The molecule has 1 aliphatic carbocycles. The molecule has 240 valence electrons. The molecule has 44 heavy (non-hydrogen) atoms. The molecule has 0 spiro atoms. The number of guanidine groups is 1. The van der Waals surface area contributed by atoms with E-state index < -0.39 is 0 Å². The third-order valence-corrected chi connectivity index (χ3v) is 8.70. The molecule has 0 bridgehead atoms. The zero-order chi connectivity index (χ0) is 30.9. The number of aliphatic imine (C=N–C) groups is 1. The van der Waals surface area contributed by atoms with Gasteiger partial charge in [-0.2, -0.15) is 0 Å². The van der Waals surface area contributed by atoms with Crippen LogP contribution in [0.1, 0.15) is 71.3 Å². The van der Waals surface area contributed by atoms with Crippen LogP contribution in [0.2, 0.25) is 0 Å². The normalized spacial score (nSPS) is 19.5. The van der Waals surface area contributed by atoms with E-state index in [-0.39, 0.29) is 23.6 Å². The lowest BCUT2D eigenvalue weighted by Crippen LogP contribution is -2.51. The highest BCUT2D eigenvalue weighted by Crippen LogP contribution is 2.36. The molecule has 2 unspecified atom stereocenters. The van der Waals surface area contributed by atoms with Crippen LogP contribution in [0, 0.1) is 5.92 Å². The summed E-state index contributed by atoms with van der Waals surface area (Å²) >= 11 is 0. The maximum absolute atomic E-state index is 13.5. The van der Waals surface area contributed by atoms with Crippen molar-refractivity contribution in [1.82, 2.24) is 20.1 Å². The van der Waals surface area contributed by atoms with Gasteiger partial charge in [0.1, 0.15) is 5.75 Å². The van der Waals surface area contributed by atoms with E-state index in [1.165, 1.54) is 19.3 Å². The number of hydrogen-bond acceptors (Lipinski definition) is 9. The second-order valence-electron chi connectivity index (χ2n) is 13.3. The number of carbonyl (C=O) groups is 1. The highest BCUT2D eigenvalue weighted by molar-refractivity contribution is 5.84. The zero-order valence-corrected chi connectivity index (χ0v) is 26.7. The molecular formula is C34H50N6O4. The first kappa shape index (κ1) is 32.2. The smallest absolute Gasteiger partial charge is 0.220 e. The Morgan fingerprint density at radius 1 is 1.14 bits per heavy atom. The highest BCUT2D eigenvalue weighted by Gasteiger charge is 2.33. The molecule has 2 atom stereocenters. The summed E-state index contributed by atoms with van der Waals surface area (Å²) in [5, 5.41) is 3.30. The summed E-state index contributed by atoms with van der Waals surface area (Å²) in [6.07, 6.45) is 8.82. The van der Waals surface area contributed by atoms with Gasteiger partial charge in [0.05, 0.1) is 43.3 Å². The molecule has 1 aromatic carbocycles. The molecule has 1 aromatic heterocycles. The van der Waals surface area contributed by atoms with Gasteiger partial charge in [0.2, 0.25) is 11.8 Å². The Bertz CT molecular complexity index is 1240. The lowest BCUT2D eigenvalue weighted by atomic mass is 9.81. The van der Waals surface area contributed by atoms with E-state index in [9.17, 15) is 4.79 Å². The molecule has 5 rings (SSSR count). The third-order valence-electron chi connectivity index (χ3n) is 8.70. The molecule has 2 aromatic rings. The molecule has 2 aliphatic heterocycles. The molecule has 3 heterocycles. The Morgan fingerprint density at radius 3 is 2.61 bits per heavy atom. The van der Waals surface area contributed by atoms with Crippen molar-refractivity contribution in [3.63, 3.8) is 0 Å². The van der Waals surface area contributed by atoms with Crippen molar-refractivity contribution in [1.29, 1.82) is 0 Å².